The Morgan fingerprint density at radius 3 is 2.69 bits per heavy atom. The van der Waals surface area contributed by atoms with Gasteiger partial charge in [0.05, 0.1) is 15.9 Å². The van der Waals surface area contributed by atoms with Crippen LogP contribution in [0, 0.1) is 11.3 Å². The van der Waals surface area contributed by atoms with E-state index in [0.29, 0.717) is 34.9 Å². The van der Waals surface area contributed by atoms with E-state index in [9.17, 15) is 9.47 Å². The zero-order valence-electron chi connectivity index (χ0n) is 21.2. The summed E-state index contributed by atoms with van der Waals surface area (Å²) in [5, 5.41) is 16.0. The molecule has 36 heavy (non-hydrogen) atoms. The second-order valence-electron chi connectivity index (χ2n) is 8.75. The first kappa shape index (κ1) is 25.5. The molecule has 2 N–H and O–H groups in total. The lowest BCUT2D eigenvalue weighted by Crippen LogP contribution is -2.27. The van der Waals surface area contributed by atoms with Gasteiger partial charge in [-0.15, -0.1) is 0 Å². The van der Waals surface area contributed by atoms with Crippen molar-refractivity contribution in [2.45, 2.75) is 40.2 Å². The van der Waals surface area contributed by atoms with E-state index in [2.05, 4.69) is 67.0 Å². The second kappa shape index (κ2) is 11.0. The summed E-state index contributed by atoms with van der Waals surface area (Å²) in [6.07, 6.45) is 3.50. The van der Waals surface area contributed by atoms with E-state index in [1.165, 1.54) is 22.9 Å². The molecule has 0 unspecified atom stereocenters. The van der Waals surface area contributed by atoms with Gasteiger partial charge in [0.1, 0.15) is 17.5 Å². The maximum absolute atomic E-state index is 12.7. The van der Waals surface area contributed by atoms with Crippen LogP contribution in [0.3, 0.4) is 0 Å². The molecular formula is C26H32N8OS. The minimum absolute atomic E-state index is 0.289. The number of hydrogen-bond donors (Lipinski definition) is 2. The van der Waals surface area contributed by atoms with Crippen LogP contribution in [0.1, 0.15) is 43.0 Å². The van der Waals surface area contributed by atoms with Crippen molar-refractivity contribution in [2.24, 2.45) is 4.36 Å². The van der Waals surface area contributed by atoms with Gasteiger partial charge in [0.25, 0.3) is 0 Å². The normalized spacial score (nSPS) is 13.5. The number of pyridine rings is 1. The van der Waals surface area contributed by atoms with Crippen molar-refractivity contribution in [3.05, 3.63) is 58.8 Å². The minimum atomic E-state index is -2.33. The van der Waals surface area contributed by atoms with E-state index < -0.39 is 9.73 Å². The Labute approximate surface area is 213 Å². The van der Waals surface area contributed by atoms with Crippen LogP contribution in [0.15, 0.2) is 40.9 Å². The summed E-state index contributed by atoms with van der Waals surface area (Å²) in [7, 11) is -0.200. The highest BCUT2D eigenvalue weighted by atomic mass is 32.2. The first-order valence-corrected chi connectivity index (χ1v) is 14.1. The Hall–Kier alpha value is -3.55. The molecule has 3 aromatic rings. The van der Waals surface area contributed by atoms with E-state index in [-0.39, 0.29) is 5.56 Å². The third-order valence-electron chi connectivity index (χ3n) is 6.31. The van der Waals surface area contributed by atoms with Crippen molar-refractivity contribution in [1.29, 1.82) is 5.26 Å². The zero-order valence-corrected chi connectivity index (χ0v) is 22.0. The van der Waals surface area contributed by atoms with Gasteiger partial charge in [0, 0.05) is 30.3 Å². The maximum atomic E-state index is 12.7. The van der Waals surface area contributed by atoms with Gasteiger partial charge in [-0.1, -0.05) is 26.8 Å². The summed E-state index contributed by atoms with van der Waals surface area (Å²) in [6.45, 7) is 7.86. The van der Waals surface area contributed by atoms with E-state index in [0.717, 1.165) is 31.6 Å². The molecule has 9 nitrogen and oxygen atoms in total. The number of likely N-dealkylation sites (N-methyl/N-ethyl adjacent to an activating group) is 1. The van der Waals surface area contributed by atoms with Crippen molar-refractivity contribution in [2.75, 3.05) is 35.7 Å². The lowest BCUT2D eigenvalue weighted by Gasteiger charge is -2.27. The van der Waals surface area contributed by atoms with Crippen LogP contribution in [0.2, 0.25) is 0 Å². The third kappa shape index (κ3) is 5.80. The van der Waals surface area contributed by atoms with Gasteiger partial charge in [-0.3, -0.25) is 0 Å². The largest absolute Gasteiger partial charge is 0.324 e. The molecule has 0 fully saturated rings. The Bertz CT molecular complexity index is 1410. The van der Waals surface area contributed by atoms with E-state index >= 15 is 0 Å². The number of nitrogens with zero attached hydrogens (tertiary/aromatic N) is 6. The average molecular weight is 505 g/mol. The van der Waals surface area contributed by atoms with Crippen LogP contribution in [-0.4, -0.2) is 49.2 Å². The highest BCUT2D eigenvalue weighted by Crippen LogP contribution is 2.28. The van der Waals surface area contributed by atoms with Gasteiger partial charge in [0.2, 0.25) is 5.95 Å². The van der Waals surface area contributed by atoms with E-state index in [1.807, 2.05) is 13.8 Å². The molecule has 4 rings (SSSR count). The van der Waals surface area contributed by atoms with Crippen LogP contribution in [0.5, 0.6) is 0 Å². The summed E-state index contributed by atoms with van der Waals surface area (Å²) in [5.41, 5.74) is 5.30. The number of anilines is 4. The molecule has 0 atom stereocenters. The number of nitrogens with one attached hydrogen (secondary N) is 2. The lowest BCUT2D eigenvalue weighted by atomic mass is 9.92. The molecule has 0 saturated carbocycles. The van der Waals surface area contributed by atoms with Crippen LogP contribution in [-0.2, 0) is 29.1 Å². The van der Waals surface area contributed by atoms with Crippen molar-refractivity contribution in [1.82, 2.24) is 19.9 Å². The molecule has 10 heteroatoms. The van der Waals surface area contributed by atoms with Gasteiger partial charge in [-0.2, -0.15) is 14.6 Å². The molecule has 1 aliphatic rings. The average Bonchev–Trinajstić information content (AvgIpc) is 2.88. The first-order valence-electron chi connectivity index (χ1n) is 12.2. The second-order valence-corrected chi connectivity index (χ2v) is 11.6. The fourth-order valence-electron chi connectivity index (χ4n) is 4.24. The molecule has 0 aliphatic carbocycles. The number of rotatable bonds is 8. The number of fused-ring (bicyclic) bond motifs is 1. The zero-order chi connectivity index (χ0) is 25.7. The number of hydrogen-bond acceptors (Lipinski definition) is 9. The van der Waals surface area contributed by atoms with Gasteiger partial charge >= 0.3 is 0 Å². The topological polar surface area (TPSA) is 119 Å². The van der Waals surface area contributed by atoms with E-state index in [1.54, 1.807) is 18.2 Å². The van der Waals surface area contributed by atoms with Crippen LogP contribution in [0.25, 0.3) is 0 Å². The molecule has 0 saturated heterocycles. The lowest BCUT2D eigenvalue weighted by molar-refractivity contribution is 0.312. The van der Waals surface area contributed by atoms with Crippen LogP contribution >= 0.6 is 0 Å². The number of benzene rings is 1. The maximum Gasteiger partial charge on any atom is 0.229 e. The van der Waals surface area contributed by atoms with Crippen LogP contribution in [0.4, 0.5) is 29.1 Å². The van der Waals surface area contributed by atoms with Crippen molar-refractivity contribution in [3.63, 3.8) is 0 Å². The summed E-state index contributed by atoms with van der Waals surface area (Å²) in [5.74, 6) is 2.47. The Morgan fingerprint density at radius 2 is 1.97 bits per heavy atom. The van der Waals surface area contributed by atoms with Gasteiger partial charge in [0.15, 0.2) is 11.6 Å². The third-order valence-corrected chi connectivity index (χ3v) is 8.63. The van der Waals surface area contributed by atoms with Gasteiger partial charge < -0.3 is 15.5 Å². The van der Waals surface area contributed by atoms with Gasteiger partial charge in [-0.05, 0) is 60.8 Å². The summed E-state index contributed by atoms with van der Waals surface area (Å²) >= 11 is 0. The Balaban J connectivity index is 1.62. The first-order chi connectivity index (χ1) is 17.4. The summed E-state index contributed by atoms with van der Waals surface area (Å²) in [4.78, 5) is 15.7. The quantitative estimate of drug-likeness (QED) is 0.444. The van der Waals surface area contributed by atoms with Crippen LogP contribution < -0.4 is 10.6 Å². The molecule has 3 heterocycles. The standard InChI is InChI=1S/C26H32N8OS/c1-5-18-13-21(14-19-17-34(4)12-11-22(18)19)29-26-28-16-20(15-27)25(32-26)31-23-9-8-10-24(30-23)33-36(35,6-2)7-3/h8-10,13-14,16H,5-7,11-12,17H2,1-4H3,(H2,28,29,30,31,32). The highest BCUT2D eigenvalue weighted by molar-refractivity contribution is 7.93. The minimum Gasteiger partial charge on any atom is -0.324 e. The highest BCUT2D eigenvalue weighted by Gasteiger charge is 2.18. The molecule has 2 aromatic heterocycles. The number of nitriles is 1. The van der Waals surface area contributed by atoms with Crippen molar-refractivity contribution in [3.8, 4) is 6.07 Å². The van der Waals surface area contributed by atoms with E-state index in [4.69, 9.17) is 0 Å². The molecule has 0 bridgehead atoms. The van der Waals surface area contributed by atoms with Crippen molar-refractivity contribution >= 4 is 38.8 Å². The smallest absolute Gasteiger partial charge is 0.229 e. The summed E-state index contributed by atoms with van der Waals surface area (Å²) < 4.78 is 17.1. The molecule has 0 radical (unpaired) electrons. The fourth-order valence-corrected chi connectivity index (χ4v) is 5.35. The fraction of sp³-hybridized carbons (Fsp3) is 0.385. The monoisotopic (exact) mass is 504 g/mol. The molecule has 1 aliphatic heterocycles. The Kier molecular flexibility index (Phi) is 7.82. The molecule has 188 valence electrons. The molecule has 0 spiro atoms. The number of aryl methyl sites for hydroxylation is 1. The van der Waals surface area contributed by atoms with Gasteiger partial charge in [-0.25, -0.2) is 14.2 Å². The van der Waals surface area contributed by atoms with Crippen molar-refractivity contribution < 1.29 is 4.21 Å². The predicted molar refractivity (Wildman–Crippen MR) is 145 cm³/mol. The molecule has 0 amide bonds. The summed E-state index contributed by atoms with van der Waals surface area (Å²) in [6, 6.07) is 11.7. The SMILES string of the molecule is CCc1cc(Nc2ncc(C#N)c(Nc3cccc(N=S(=O)(CC)CC)n3)n2)cc2c1CCN(C)C2. The Morgan fingerprint density at radius 1 is 1.17 bits per heavy atom. The predicted octanol–water partition coefficient (Wildman–Crippen LogP) is 4.92. The molecular weight excluding hydrogens is 472 g/mol. The molecule has 1 aromatic carbocycles. The number of aromatic nitrogens is 3.